The van der Waals surface area contributed by atoms with Gasteiger partial charge in [-0.05, 0) is 44.2 Å². The van der Waals surface area contributed by atoms with Gasteiger partial charge in [0.1, 0.15) is 0 Å². The third kappa shape index (κ3) is 2.64. The van der Waals surface area contributed by atoms with E-state index in [0.717, 1.165) is 12.0 Å². The third-order valence-electron chi connectivity index (χ3n) is 3.86. The molecule has 2 rings (SSSR count). The maximum absolute atomic E-state index is 2.48. The first-order valence-corrected chi connectivity index (χ1v) is 6.41. The molecule has 1 aromatic heterocycles. The van der Waals surface area contributed by atoms with Crippen LogP contribution in [0.3, 0.4) is 0 Å². The van der Waals surface area contributed by atoms with E-state index in [0.29, 0.717) is 0 Å². The Kier molecular flexibility index (Phi) is 3.50. The highest BCUT2D eigenvalue weighted by molar-refractivity contribution is 5.06. The molecule has 1 heteroatoms. The van der Waals surface area contributed by atoms with Crippen molar-refractivity contribution in [3.05, 3.63) is 24.0 Å². The summed E-state index contributed by atoms with van der Waals surface area (Å²) in [6.07, 6.45) is 10.7. The van der Waals surface area contributed by atoms with Gasteiger partial charge >= 0.3 is 0 Å². The first kappa shape index (κ1) is 10.8. The predicted molar refractivity (Wildman–Crippen MR) is 65.1 cm³/mol. The molecule has 1 fully saturated rings. The van der Waals surface area contributed by atoms with E-state index < -0.39 is 0 Å². The number of rotatable bonds is 1. The molecule has 0 spiro atoms. The van der Waals surface area contributed by atoms with Gasteiger partial charge in [-0.3, -0.25) is 0 Å². The third-order valence-corrected chi connectivity index (χ3v) is 3.86. The molecule has 0 bridgehead atoms. The minimum Gasteiger partial charge on any atom is -0.349 e. The summed E-state index contributed by atoms with van der Waals surface area (Å²) in [5, 5.41) is 0. The highest BCUT2D eigenvalue weighted by Gasteiger charge is 2.16. The van der Waals surface area contributed by atoms with Gasteiger partial charge in [-0.25, -0.2) is 0 Å². The van der Waals surface area contributed by atoms with Gasteiger partial charge in [0.2, 0.25) is 0 Å². The van der Waals surface area contributed by atoms with Crippen molar-refractivity contribution >= 4 is 0 Å². The van der Waals surface area contributed by atoms with E-state index in [1.807, 2.05) is 0 Å². The van der Waals surface area contributed by atoms with Crippen molar-refractivity contribution in [1.29, 1.82) is 0 Å². The lowest BCUT2D eigenvalue weighted by Crippen LogP contribution is -2.13. The Morgan fingerprint density at radius 1 is 1.13 bits per heavy atom. The summed E-state index contributed by atoms with van der Waals surface area (Å²) >= 11 is 0. The average Bonchev–Trinajstić information content (AvgIpc) is 2.59. The van der Waals surface area contributed by atoms with Crippen LogP contribution in [0.1, 0.15) is 57.2 Å². The molecule has 1 saturated carbocycles. The Hall–Kier alpha value is -0.720. The molecule has 0 radical (unpaired) electrons. The highest BCUT2D eigenvalue weighted by atomic mass is 15.0. The molecule has 0 aliphatic heterocycles. The van der Waals surface area contributed by atoms with Gasteiger partial charge in [0.05, 0.1) is 0 Å². The summed E-state index contributed by atoms with van der Waals surface area (Å²) in [5.74, 6) is 0.934. The van der Waals surface area contributed by atoms with Crippen LogP contribution in [-0.4, -0.2) is 4.57 Å². The quantitative estimate of drug-likeness (QED) is 0.643. The maximum Gasteiger partial charge on any atom is 0.0333 e. The van der Waals surface area contributed by atoms with Gasteiger partial charge in [0, 0.05) is 17.9 Å². The second kappa shape index (κ2) is 4.87. The average molecular weight is 205 g/mol. The molecule has 0 N–H and O–H groups in total. The van der Waals surface area contributed by atoms with Crippen LogP contribution in [0, 0.1) is 12.8 Å². The smallest absolute Gasteiger partial charge is 0.0333 e. The molecular formula is C14H23N. The number of hydrogen-bond acceptors (Lipinski definition) is 0. The molecule has 1 aliphatic rings. The number of aromatic nitrogens is 1. The fourth-order valence-corrected chi connectivity index (χ4v) is 2.80. The van der Waals surface area contributed by atoms with Crippen LogP contribution in [0.25, 0.3) is 0 Å². The molecule has 0 saturated heterocycles. The number of hydrogen-bond donors (Lipinski definition) is 0. The molecule has 2 unspecified atom stereocenters. The Labute approximate surface area is 93.5 Å². The molecule has 1 aromatic rings. The molecule has 15 heavy (non-hydrogen) atoms. The summed E-state index contributed by atoms with van der Waals surface area (Å²) in [5.41, 5.74) is 1.42. The summed E-state index contributed by atoms with van der Waals surface area (Å²) in [7, 11) is 0. The van der Waals surface area contributed by atoms with Crippen LogP contribution in [-0.2, 0) is 0 Å². The normalized spacial score (nSPS) is 28.4. The van der Waals surface area contributed by atoms with Crippen LogP contribution < -0.4 is 0 Å². The first-order valence-electron chi connectivity index (χ1n) is 6.41. The molecule has 1 aliphatic carbocycles. The summed E-state index contributed by atoms with van der Waals surface area (Å²) in [6, 6.07) is 5.17. The lowest BCUT2D eigenvalue weighted by atomic mass is 9.90. The second-order valence-corrected chi connectivity index (χ2v) is 5.18. The monoisotopic (exact) mass is 205 g/mol. The number of aryl methyl sites for hydroxylation is 1. The fraction of sp³-hybridized carbons (Fsp3) is 0.714. The molecule has 84 valence electrons. The summed E-state index contributed by atoms with van der Waals surface area (Å²) in [4.78, 5) is 0. The van der Waals surface area contributed by atoms with Gasteiger partial charge in [0.15, 0.2) is 0 Å². The Morgan fingerprint density at radius 3 is 2.67 bits per heavy atom. The molecule has 2 atom stereocenters. The Morgan fingerprint density at radius 2 is 1.93 bits per heavy atom. The van der Waals surface area contributed by atoms with E-state index >= 15 is 0 Å². The van der Waals surface area contributed by atoms with Crippen molar-refractivity contribution in [2.75, 3.05) is 0 Å². The van der Waals surface area contributed by atoms with E-state index in [9.17, 15) is 0 Å². The van der Waals surface area contributed by atoms with Gasteiger partial charge in [-0.2, -0.15) is 0 Å². The highest BCUT2D eigenvalue weighted by Crippen LogP contribution is 2.29. The minimum absolute atomic E-state index is 0.766. The second-order valence-electron chi connectivity index (χ2n) is 5.18. The van der Waals surface area contributed by atoms with E-state index in [1.165, 1.54) is 44.2 Å². The van der Waals surface area contributed by atoms with Crippen LogP contribution >= 0.6 is 0 Å². The zero-order valence-corrected chi connectivity index (χ0v) is 10.1. The molecule has 1 nitrogen and oxygen atoms in total. The Bertz CT molecular complexity index is 300. The fourth-order valence-electron chi connectivity index (χ4n) is 2.80. The minimum atomic E-state index is 0.766. The van der Waals surface area contributed by atoms with Gasteiger partial charge in [-0.15, -0.1) is 0 Å². The largest absolute Gasteiger partial charge is 0.349 e. The van der Waals surface area contributed by atoms with Crippen molar-refractivity contribution in [2.24, 2.45) is 5.92 Å². The molecule has 0 amide bonds. The standard InChI is InChI=1S/C14H23N/c1-12-6-3-4-8-14(10-9-12)15-11-5-7-13(15)2/h5,7,11-12,14H,3-4,6,8-10H2,1-2H3. The van der Waals surface area contributed by atoms with Crippen LogP contribution in [0.2, 0.25) is 0 Å². The van der Waals surface area contributed by atoms with E-state index in [4.69, 9.17) is 0 Å². The van der Waals surface area contributed by atoms with E-state index in [1.54, 1.807) is 0 Å². The van der Waals surface area contributed by atoms with Gasteiger partial charge < -0.3 is 4.57 Å². The predicted octanol–water partition coefficient (Wildman–Crippen LogP) is 4.33. The van der Waals surface area contributed by atoms with Crippen molar-refractivity contribution in [1.82, 2.24) is 4.57 Å². The Balaban J connectivity index is 2.04. The first-order chi connectivity index (χ1) is 7.27. The van der Waals surface area contributed by atoms with Crippen LogP contribution in [0.4, 0.5) is 0 Å². The summed E-state index contributed by atoms with van der Waals surface area (Å²) in [6.45, 7) is 4.63. The zero-order chi connectivity index (χ0) is 10.7. The van der Waals surface area contributed by atoms with E-state index in [2.05, 4.69) is 36.7 Å². The molecule has 0 aromatic carbocycles. The van der Waals surface area contributed by atoms with Crippen molar-refractivity contribution in [2.45, 2.75) is 58.4 Å². The van der Waals surface area contributed by atoms with Crippen molar-refractivity contribution in [3.63, 3.8) is 0 Å². The van der Waals surface area contributed by atoms with Gasteiger partial charge in [0.25, 0.3) is 0 Å². The van der Waals surface area contributed by atoms with Crippen LogP contribution in [0.5, 0.6) is 0 Å². The number of nitrogens with zero attached hydrogens (tertiary/aromatic N) is 1. The lowest BCUT2D eigenvalue weighted by molar-refractivity contribution is 0.321. The topological polar surface area (TPSA) is 4.93 Å². The van der Waals surface area contributed by atoms with Crippen molar-refractivity contribution in [3.8, 4) is 0 Å². The molecule has 1 heterocycles. The molecular weight excluding hydrogens is 182 g/mol. The zero-order valence-electron chi connectivity index (χ0n) is 10.1. The maximum atomic E-state index is 2.48. The van der Waals surface area contributed by atoms with Crippen LogP contribution in [0.15, 0.2) is 18.3 Å². The summed E-state index contributed by atoms with van der Waals surface area (Å²) < 4.78 is 2.48. The lowest BCUT2D eigenvalue weighted by Gasteiger charge is -2.25. The van der Waals surface area contributed by atoms with E-state index in [-0.39, 0.29) is 0 Å². The van der Waals surface area contributed by atoms with Crippen molar-refractivity contribution < 1.29 is 0 Å². The SMILES string of the molecule is Cc1cccn1C1CCCCC(C)CC1. The van der Waals surface area contributed by atoms with Gasteiger partial charge in [-0.1, -0.05) is 26.2 Å².